The SMILES string of the molecule is C#CC(C)(C)O.C#CC(C)(O)CC(C)C.C#CC(C)(O)c1ccccc1.C#CC1(O)CCCCC1. The summed E-state index contributed by atoms with van der Waals surface area (Å²) < 4.78 is 0. The molecule has 0 aromatic heterocycles. The summed E-state index contributed by atoms with van der Waals surface area (Å²) in [5.41, 5.74) is -2.98. The first-order valence-corrected chi connectivity index (χ1v) is 11.8. The van der Waals surface area contributed by atoms with Gasteiger partial charge in [0, 0.05) is 0 Å². The minimum Gasteiger partial charge on any atom is -0.378 e. The van der Waals surface area contributed by atoms with Gasteiger partial charge in [0.1, 0.15) is 22.4 Å². The lowest BCUT2D eigenvalue weighted by atomic mass is 9.86. The fourth-order valence-corrected chi connectivity index (χ4v) is 2.98. The molecule has 192 valence electrons. The van der Waals surface area contributed by atoms with Crippen molar-refractivity contribution in [1.29, 1.82) is 0 Å². The molecule has 2 atom stereocenters. The Labute approximate surface area is 214 Å². The van der Waals surface area contributed by atoms with E-state index in [1.54, 1.807) is 39.8 Å². The topological polar surface area (TPSA) is 80.9 Å². The van der Waals surface area contributed by atoms with Gasteiger partial charge in [-0.1, -0.05) is 74.3 Å². The van der Waals surface area contributed by atoms with E-state index in [9.17, 15) is 15.3 Å². The second-order valence-corrected chi connectivity index (χ2v) is 10.0. The van der Waals surface area contributed by atoms with Crippen LogP contribution in [0.15, 0.2) is 30.3 Å². The van der Waals surface area contributed by atoms with Gasteiger partial charge in [-0.2, -0.15) is 0 Å². The molecule has 4 heteroatoms. The Hall–Kier alpha value is -2.70. The third-order valence-corrected chi connectivity index (χ3v) is 5.04. The van der Waals surface area contributed by atoms with Gasteiger partial charge in [0.2, 0.25) is 0 Å². The van der Waals surface area contributed by atoms with E-state index in [-0.39, 0.29) is 0 Å². The van der Waals surface area contributed by atoms with Crippen molar-refractivity contribution in [1.82, 2.24) is 0 Å². The van der Waals surface area contributed by atoms with Gasteiger partial charge in [0.15, 0.2) is 0 Å². The first kappa shape index (κ1) is 34.5. The molecule has 4 nitrogen and oxygen atoms in total. The zero-order chi connectivity index (χ0) is 27.8. The average molecular weight is 481 g/mol. The molecule has 2 rings (SSSR count). The zero-order valence-corrected chi connectivity index (χ0v) is 22.3. The molecule has 0 saturated heterocycles. The van der Waals surface area contributed by atoms with Crippen LogP contribution in [0.3, 0.4) is 0 Å². The molecule has 1 aliphatic carbocycles. The summed E-state index contributed by atoms with van der Waals surface area (Å²) in [4.78, 5) is 0. The number of benzene rings is 1. The highest BCUT2D eigenvalue weighted by Crippen LogP contribution is 2.26. The standard InChI is InChI=1S/C10H10O.C8H12O.C8H14O.C5H8O/c1-3-10(2,11)9-7-5-4-6-8-9;1-2-8(9)6-4-3-5-7-8;1-5-8(4,9)6-7(2)3;1-4-5(2,3)6/h1,4-8,11H,2H3;1,9H,3-7H2;1,7,9H,6H2,2-4H3;1,6H,2-3H3. The van der Waals surface area contributed by atoms with Crippen molar-refractivity contribution >= 4 is 0 Å². The van der Waals surface area contributed by atoms with Crippen molar-refractivity contribution in [3.63, 3.8) is 0 Å². The van der Waals surface area contributed by atoms with E-state index in [0.29, 0.717) is 12.3 Å². The molecule has 2 unspecified atom stereocenters. The molecule has 0 amide bonds. The third kappa shape index (κ3) is 18.3. The van der Waals surface area contributed by atoms with Crippen LogP contribution in [0.1, 0.15) is 85.6 Å². The van der Waals surface area contributed by atoms with Crippen molar-refractivity contribution in [2.24, 2.45) is 5.92 Å². The predicted molar refractivity (Wildman–Crippen MR) is 146 cm³/mol. The zero-order valence-electron chi connectivity index (χ0n) is 22.3. The van der Waals surface area contributed by atoms with Gasteiger partial charge >= 0.3 is 0 Å². The second-order valence-electron chi connectivity index (χ2n) is 10.0. The van der Waals surface area contributed by atoms with Crippen molar-refractivity contribution < 1.29 is 20.4 Å². The Morgan fingerprint density at radius 2 is 1.29 bits per heavy atom. The lowest BCUT2D eigenvalue weighted by molar-refractivity contribution is 0.0611. The van der Waals surface area contributed by atoms with Gasteiger partial charge in [0.05, 0.1) is 0 Å². The average Bonchev–Trinajstić information content (AvgIpc) is 2.80. The maximum Gasteiger partial charge on any atom is 0.147 e. The van der Waals surface area contributed by atoms with Crippen LogP contribution in [-0.2, 0) is 5.60 Å². The van der Waals surface area contributed by atoms with Crippen LogP contribution in [0, 0.1) is 55.3 Å². The van der Waals surface area contributed by atoms with Gasteiger partial charge < -0.3 is 20.4 Å². The Morgan fingerprint density at radius 3 is 1.54 bits per heavy atom. The van der Waals surface area contributed by atoms with E-state index in [1.165, 1.54) is 6.42 Å². The van der Waals surface area contributed by atoms with E-state index >= 15 is 0 Å². The predicted octanol–water partition coefficient (Wildman–Crippen LogP) is 4.65. The Balaban J connectivity index is 0. The van der Waals surface area contributed by atoms with E-state index in [1.807, 2.05) is 32.0 Å². The van der Waals surface area contributed by atoms with Crippen LogP contribution in [0.25, 0.3) is 0 Å². The number of terminal acetylenes is 4. The van der Waals surface area contributed by atoms with Crippen molar-refractivity contribution in [3.05, 3.63) is 35.9 Å². The van der Waals surface area contributed by atoms with Crippen LogP contribution >= 0.6 is 0 Å². The first-order valence-electron chi connectivity index (χ1n) is 11.8. The molecule has 1 aromatic carbocycles. The molecule has 1 aromatic rings. The molecule has 4 N–H and O–H groups in total. The lowest BCUT2D eigenvalue weighted by Gasteiger charge is -2.26. The van der Waals surface area contributed by atoms with E-state index in [2.05, 4.69) is 23.7 Å². The summed E-state index contributed by atoms with van der Waals surface area (Å²) in [6, 6.07) is 9.19. The smallest absolute Gasteiger partial charge is 0.147 e. The first-order chi connectivity index (χ1) is 16.0. The molecule has 0 aliphatic heterocycles. The highest BCUT2D eigenvalue weighted by Gasteiger charge is 2.25. The summed E-state index contributed by atoms with van der Waals surface area (Å²) in [6.07, 6.45) is 25.8. The molecule has 0 spiro atoms. The molecule has 35 heavy (non-hydrogen) atoms. The lowest BCUT2D eigenvalue weighted by Crippen LogP contribution is -2.28. The Morgan fingerprint density at radius 1 is 0.829 bits per heavy atom. The summed E-state index contributed by atoms with van der Waals surface area (Å²) >= 11 is 0. The molecular formula is C31H44O4. The largest absolute Gasteiger partial charge is 0.378 e. The molecule has 1 fully saturated rings. The third-order valence-electron chi connectivity index (χ3n) is 5.04. The van der Waals surface area contributed by atoms with E-state index in [4.69, 9.17) is 30.8 Å². The van der Waals surface area contributed by atoms with Gasteiger partial charge in [0.25, 0.3) is 0 Å². The summed E-state index contributed by atoms with van der Waals surface area (Å²) in [5, 5.41) is 36.9. The summed E-state index contributed by atoms with van der Waals surface area (Å²) in [7, 11) is 0. The van der Waals surface area contributed by atoms with Gasteiger partial charge in [-0.3, -0.25) is 0 Å². The van der Waals surface area contributed by atoms with Crippen LogP contribution in [-0.4, -0.2) is 37.2 Å². The minimum absolute atomic E-state index is 0.455. The maximum atomic E-state index is 9.56. The second kappa shape index (κ2) is 16.1. The van der Waals surface area contributed by atoms with Gasteiger partial charge in [-0.05, 0) is 71.3 Å². The van der Waals surface area contributed by atoms with Crippen LogP contribution in [0.5, 0.6) is 0 Å². The number of rotatable bonds is 3. The summed E-state index contributed by atoms with van der Waals surface area (Å²) in [6.45, 7) is 10.5. The van der Waals surface area contributed by atoms with Crippen LogP contribution < -0.4 is 0 Å². The summed E-state index contributed by atoms with van der Waals surface area (Å²) in [5.74, 6) is 9.69. The van der Waals surface area contributed by atoms with Crippen molar-refractivity contribution in [2.75, 3.05) is 0 Å². The van der Waals surface area contributed by atoms with Crippen LogP contribution in [0.2, 0.25) is 0 Å². The highest BCUT2D eigenvalue weighted by molar-refractivity contribution is 5.28. The highest BCUT2D eigenvalue weighted by atomic mass is 16.3. The normalized spacial score (nSPS) is 17.2. The van der Waals surface area contributed by atoms with Crippen molar-refractivity contribution in [3.8, 4) is 49.4 Å². The van der Waals surface area contributed by atoms with Crippen LogP contribution in [0.4, 0.5) is 0 Å². The monoisotopic (exact) mass is 480 g/mol. The molecule has 0 heterocycles. The molecule has 0 radical (unpaired) electrons. The molecule has 1 saturated carbocycles. The van der Waals surface area contributed by atoms with Crippen molar-refractivity contribution in [2.45, 2.75) is 102 Å². The maximum absolute atomic E-state index is 9.56. The van der Waals surface area contributed by atoms with Gasteiger partial charge in [-0.15, -0.1) is 25.7 Å². The number of hydrogen-bond acceptors (Lipinski definition) is 4. The Bertz CT molecular complexity index is 870. The fourth-order valence-electron chi connectivity index (χ4n) is 2.98. The fraction of sp³-hybridized carbons (Fsp3) is 0.548. The van der Waals surface area contributed by atoms with E-state index < -0.39 is 22.4 Å². The molecular weight excluding hydrogens is 436 g/mol. The molecule has 1 aliphatic rings. The molecule has 0 bridgehead atoms. The number of aliphatic hydroxyl groups is 4. The van der Waals surface area contributed by atoms with E-state index in [0.717, 1.165) is 31.2 Å². The number of hydrogen-bond donors (Lipinski definition) is 4. The quantitative estimate of drug-likeness (QED) is 0.475. The Kier molecular flexibility index (Phi) is 15.8. The minimum atomic E-state index is -1.14. The van der Waals surface area contributed by atoms with Gasteiger partial charge in [-0.25, -0.2) is 0 Å².